The van der Waals surface area contributed by atoms with Gasteiger partial charge in [-0.2, -0.15) is 0 Å². The number of aromatic nitrogens is 2. The lowest BCUT2D eigenvalue weighted by Crippen LogP contribution is -2.23. The zero-order valence-electron chi connectivity index (χ0n) is 17.2. The summed E-state index contributed by atoms with van der Waals surface area (Å²) in [4.78, 5) is 32.5. The number of rotatable bonds is 8. The fraction of sp³-hybridized carbons (Fsp3) is 0.182. The van der Waals surface area contributed by atoms with E-state index in [4.69, 9.17) is 0 Å². The van der Waals surface area contributed by atoms with Gasteiger partial charge in [-0.15, -0.1) is 0 Å². The first-order chi connectivity index (χ1) is 15.0. The number of anilines is 4. The number of nitrogens with one attached hydrogen (secondary N) is 4. The van der Waals surface area contributed by atoms with Crippen LogP contribution in [0.25, 0.3) is 0 Å². The lowest BCUT2D eigenvalue weighted by atomic mass is 10.1. The Hall–Kier alpha value is -4.01. The molecule has 0 radical (unpaired) electrons. The predicted octanol–water partition coefficient (Wildman–Crippen LogP) is 3.60. The number of pyridine rings is 2. The normalized spacial score (nSPS) is 10.3. The van der Waals surface area contributed by atoms with E-state index in [2.05, 4.69) is 31.2 Å². The highest BCUT2D eigenvalue weighted by molar-refractivity contribution is 6.00. The molecule has 9 heteroatoms. The third kappa shape index (κ3) is 5.75. The van der Waals surface area contributed by atoms with Gasteiger partial charge in [0.2, 0.25) is 0 Å². The highest BCUT2D eigenvalue weighted by Gasteiger charge is 2.13. The number of amides is 2. The van der Waals surface area contributed by atoms with Crippen molar-refractivity contribution in [2.45, 2.75) is 13.3 Å². The van der Waals surface area contributed by atoms with Gasteiger partial charge in [-0.3, -0.25) is 9.59 Å². The number of benzene rings is 1. The summed E-state index contributed by atoms with van der Waals surface area (Å²) in [6.45, 7) is 2.60. The minimum absolute atomic E-state index is 0.137. The van der Waals surface area contributed by atoms with Crippen LogP contribution in [0.1, 0.15) is 34.1 Å². The molecule has 0 atom stereocenters. The van der Waals surface area contributed by atoms with Gasteiger partial charge >= 0.3 is 0 Å². The molecule has 2 amide bonds. The zero-order valence-corrected chi connectivity index (χ0v) is 17.2. The van der Waals surface area contributed by atoms with E-state index in [1.54, 1.807) is 30.3 Å². The molecule has 0 aliphatic carbocycles. The van der Waals surface area contributed by atoms with Crippen molar-refractivity contribution in [2.75, 3.05) is 24.2 Å². The van der Waals surface area contributed by atoms with Gasteiger partial charge in [0.1, 0.15) is 17.5 Å². The molecule has 0 aliphatic heterocycles. The Morgan fingerprint density at radius 3 is 2.32 bits per heavy atom. The molecule has 3 rings (SSSR count). The van der Waals surface area contributed by atoms with Crippen molar-refractivity contribution in [3.63, 3.8) is 0 Å². The van der Waals surface area contributed by atoms with Gasteiger partial charge < -0.3 is 21.3 Å². The largest absolute Gasteiger partial charge is 0.355 e. The fourth-order valence-electron chi connectivity index (χ4n) is 2.72. The van der Waals surface area contributed by atoms with E-state index < -0.39 is 5.82 Å². The first-order valence-corrected chi connectivity index (χ1v) is 9.76. The van der Waals surface area contributed by atoms with E-state index in [1.165, 1.54) is 25.4 Å². The smallest absolute Gasteiger partial charge is 0.254 e. The number of nitrogens with zero attached hydrogens (tertiary/aromatic N) is 2. The van der Waals surface area contributed by atoms with Crippen molar-refractivity contribution < 1.29 is 14.0 Å². The van der Waals surface area contributed by atoms with Gasteiger partial charge in [0.25, 0.3) is 11.8 Å². The molecule has 31 heavy (non-hydrogen) atoms. The third-order valence-electron chi connectivity index (χ3n) is 4.32. The average molecular weight is 422 g/mol. The maximum atomic E-state index is 13.1. The van der Waals surface area contributed by atoms with E-state index in [9.17, 15) is 14.0 Å². The minimum atomic E-state index is -0.442. The standard InChI is InChI=1S/C22H23FN6O2/c1-3-10-25-21(30)14-4-7-16(8-5-14)28-18-11-20(27-13-17(18)22(31)24-2)29-19-9-6-15(23)12-26-19/h4-9,11-13H,3,10H2,1-2H3,(H,24,31)(H,25,30)(H2,26,27,28,29). The molecule has 160 valence electrons. The highest BCUT2D eigenvalue weighted by Crippen LogP contribution is 2.25. The summed E-state index contributed by atoms with van der Waals surface area (Å²) < 4.78 is 13.1. The molecule has 0 spiro atoms. The van der Waals surface area contributed by atoms with Crippen molar-refractivity contribution >= 4 is 34.8 Å². The summed E-state index contributed by atoms with van der Waals surface area (Å²) in [5.74, 6) is -0.0545. The first kappa shape index (κ1) is 21.7. The average Bonchev–Trinajstić information content (AvgIpc) is 2.79. The van der Waals surface area contributed by atoms with Gasteiger partial charge in [0.15, 0.2) is 0 Å². The van der Waals surface area contributed by atoms with Gasteiger partial charge in [-0.05, 0) is 42.8 Å². The fourth-order valence-corrected chi connectivity index (χ4v) is 2.72. The van der Waals surface area contributed by atoms with E-state index in [1.807, 2.05) is 6.92 Å². The quantitative estimate of drug-likeness (QED) is 0.442. The molecule has 0 aliphatic rings. The number of hydrogen-bond donors (Lipinski definition) is 4. The van der Waals surface area contributed by atoms with Crippen LogP contribution in [0.3, 0.4) is 0 Å². The zero-order chi connectivity index (χ0) is 22.2. The summed E-state index contributed by atoms with van der Waals surface area (Å²) in [6.07, 6.45) is 3.39. The van der Waals surface area contributed by atoms with Crippen molar-refractivity contribution in [2.24, 2.45) is 0 Å². The minimum Gasteiger partial charge on any atom is -0.355 e. The molecule has 2 aromatic heterocycles. The number of halogens is 1. The molecular weight excluding hydrogens is 399 g/mol. The summed E-state index contributed by atoms with van der Waals surface area (Å²) >= 11 is 0. The van der Waals surface area contributed by atoms with Crippen molar-refractivity contribution in [3.8, 4) is 0 Å². The van der Waals surface area contributed by atoms with Crippen molar-refractivity contribution in [3.05, 3.63) is 71.8 Å². The summed E-state index contributed by atoms with van der Waals surface area (Å²) in [5, 5.41) is 11.6. The van der Waals surface area contributed by atoms with E-state index >= 15 is 0 Å². The van der Waals surface area contributed by atoms with Crippen LogP contribution in [0, 0.1) is 5.82 Å². The van der Waals surface area contributed by atoms with Crippen molar-refractivity contribution in [1.82, 2.24) is 20.6 Å². The molecule has 0 saturated carbocycles. The Balaban J connectivity index is 1.82. The summed E-state index contributed by atoms with van der Waals surface area (Å²) in [5.41, 5.74) is 2.08. The Bertz CT molecular complexity index is 1050. The van der Waals surface area contributed by atoms with Gasteiger partial charge in [-0.1, -0.05) is 6.92 Å². The molecule has 0 saturated heterocycles. The second-order valence-electron chi connectivity index (χ2n) is 6.64. The van der Waals surface area contributed by atoms with Crippen LogP contribution in [0.15, 0.2) is 54.9 Å². The Labute approximate surface area is 179 Å². The van der Waals surface area contributed by atoms with Gasteiger partial charge in [-0.25, -0.2) is 14.4 Å². The highest BCUT2D eigenvalue weighted by atomic mass is 19.1. The Morgan fingerprint density at radius 1 is 0.935 bits per heavy atom. The lowest BCUT2D eigenvalue weighted by molar-refractivity contribution is 0.0949. The Kier molecular flexibility index (Phi) is 7.10. The third-order valence-corrected chi connectivity index (χ3v) is 4.32. The van der Waals surface area contributed by atoms with Gasteiger partial charge in [0.05, 0.1) is 17.4 Å². The molecule has 0 fully saturated rings. The summed E-state index contributed by atoms with van der Waals surface area (Å²) in [7, 11) is 1.53. The molecule has 8 nitrogen and oxygen atoms in total. The van der Waals surface area contributed by atoms with Crippen LogP contribution in [0.4, 0.5) is 27.4 Å². The molecule has 4 N–H and O–H groups in total. The molecule has 3 aromatic rings. The Morgan fingerprint density at radius 2 is 1.68 bits per heavy atom. The topological polar surface area (TPSA) is 108 Å². The van der Waals surface area contributed by atoms with Gasteiger partial charge in [0, 0.05) is 37.1 Å². The predicted molar refractivity (Wildman–Crippen MR) is 117 cm³/mol. The monoisotopic (exact) mass is 422 g/mol. The maximum Gasteiger partial charge on any atom is 0.254 e. The van der Waals surface area contributed by atoms with Crippen LogP contribution < -0.4 is 21.3 Å². The second-order valence-corrected chi connectivity index (χ2v) is 6.64. The number of carbonyl (C=O) groups is 2. The molecular formula is C22H23FN6O2. The number of hydrogen-bond acceptors (Lipinski definition) is 6. The molecule has 1 aromatic carbocycles. The van der Waals surface area contributed by atoms with Crippen molar-refractivity contribution in [1.29, 1.82) is 0 Å². The van der Waals surface area contributed by atoms with Crippen LogP contribution in [-0.4, -0.2) is 35.4 Å². The first-order valence-electron chi connectivity index (χ1n) is 9.76. The maximum absolute atomic E-state index is 13.1. The summed E-state index contributed by atoms with van der Waals surface area (Å²) in [6, 6.07) is 11.3. The molecule has 0 bridgehead atoms. The second kappa shape index (κ2) is 10.1. The lowest BCUT2D eigenvalue weighted by Gasteiger charge is -2.14. The van der Waals surface area contributed by atoms with Crippen LogP contribution >= 0.6 is 0 Å². The van der Waals surface area contributed by atoms with Crippen LogP contribution in [-0.2, 0) is 0 Å². The SMILES string of the molecule is CCCNC(=O)c1ccc(Nc2cc(Nc3ccc(F)cn3)ncc2C(=O)NC)cc1. The number of carbonyl (C=O) groups excluding carboxylic acids is 2. The molecule has 2 heterocycles. The van der Waals surface area contributed by atoms with E-state index in [-0.39, 0.29) is 11.8 Å². The van der Waals surface area contributed by atoms with E-state index in [0.717, 1.165) is 12.6 Å². The van der Waals surface area contributed by atoms with Crippen LogP contribution in [0.5, 0.6) is 0 Å². The molecule has 0 unspecified atom stereocenters. The van der Waals surface area contributed by atoms with E-state index in [0.29, 0.717) is 40.7 Å². The van der Waals surface area contributed by atoms with Crippen LogP contribution in [0.2, 0.25) is 0 Å².